The zero-order valence-corrected chi connectivity index (χ0v) is 11.6. The van der Waals surface area contributed by atoms with Crippen LogP contribution in [-0.2, 0) is 4.79 Å². The standard InChI is InChI=1S/C14H13BrN2O2/c15-10-6-7-13(18)12(8-10)17-14(19)9-16-11-4-2-1-3-5-11/h1-8,16,18H,9H2,(H,17,19). The first-order valence-corrected chi connectivity index (χ1v) is 6.52. The summed E-state index contributed by atoms with van der Waals surface area (Å²) >= 11 is 3.28. The maximum absolute atomic E-state index is 11.7. The van der Waals surface area contributed by atoms with Gasteiger partial charge in [-0.25, -0.2) is 0 Å². The highest BCUT2D eigenvalue weighted by Gasteiger charge is 2.06. The third-order valence-corrected chi connectivity index (χ3v) is 2.95. The zero-order valence-electron chi connectivity index (χ0n) is 10.1. The summed E-state index contributed by atoms with van der Waals surface area (Å²) in [7, 11) is 0. The first-order chi connectivity index (χ1) is 9.15. The summed E-state index contributed by atoms with van der Waals surface area (Å²) in [4.78, 5) is 11.7. The number of benzene rings is 2. The predicted octanol–water partition coefficient (Wildman–Crippen LogP) is 3.21. The van der Waals surface area contributed by atoms with Crippen molar-refractivity contribution in [1.29, 1.82) is 0 Å². The van der Waals surface area contributed by atoms with Crippen LogP contribution in [0.4, 0.5) is 11.4 Å². The second-order valence-corrected chi connectivity index (χ2v) is 4.84. The highest BCUT2D eigenvalue weighted by molar-refractivity contribution is 9.10. The monoisotopic (exact) mass is 320 g/mol. The fourth-order valence-corrected chi connectivity index (χ4v) is 1.90. The number of amides is 1. The van der Waals surface area contributed by atoms with Gasteiger partial charge in [-0.3, -0.25) is 4.79 Å². The van der Waals surface area contributed by atoms with Gasteiger partial charge in [0.2, 0.25) is 5.91 Å². The van der Waals surface area contributed by atoms with Crippen LogP contribution in [-0.4, -0.2) is 17.6 Å². The van der Waals surface area contributed by atoms with Crippen LogP contribution in [0.3, 0.4) is 0 Å². The van der Waals surface area contributed by atoms with Crippen LogP contribution in [0.2, 0.25) is 0 Å². The van der Waals surface area contributed by atoms with Gasteiger partial charge in [-0.1, -0.05) is 34.1 Å². The molecule has 2 rings (SSSR count). The number of halogens is 1. The minimum Gasteiger partial charge on any atom is -0.506 e. The van der Waals surface area contributed by atoms with Crippen LogP contribution in [0.1, 0.15) is 0 Å². The fourth-order valence-electron chi connectivity index (χ4n) is 1.54. The molecular weight excluding hydrogens is 308 g/mol. The second kappa shape index (κ2) is 6.24. The highest BCUT2D eigenvalue weighted by Crippen LogP contribution is 2.26. The van der Waals surface area contributed by atoms with E-state index in [1.807, 2.05) is 30.3 Å². The molecular formula is C14H13BrN2O2. The van der Waals surface area contributed by atoms with Gasteiger partial charge in [0.15, 0.2) is 0 Å². The van der Waals surface area contributed by atoms with Crippen molar-refractivity contribution in [2.24, 2.45) is 0 Å². The smallest absolute Gasteiger partial charge is 0.243 e. The summed E-state index contributed by atoms with van der Waals surface area (Å²) < 4.78 is 0.789. The van der Waals surface area contributed by atoms with Crippen LogP contribution in [0.15, 0.2) is 53.0 Å². The topological polar surface area (TPSA) is 61.4 Å². The van der Waals surface area contributed by atoms with Crippen molar-refractivity contribution in [3.63, 3.8) is 0 Å². The van der Waals surface area contributed by atoms with E-state index in [0.717, 1.165) is 10.2 Å². The Kier molecular flexibility index (Phi) is 4.41. The Morgan fingerprint density at radius 2 is 1.89 bits per heavy atom. The number of hydrogen-bond donors (Lipinski definition) is 3. The normalized spacial score (nSPS) is 9.95. The first kappa shape index (κ1) is 13.4. The molecule has 19 heavy (non-hydrogen) atoms. The third-order valence-electron chi connectivity index (χ3n) is 2.46. The lowest BCUT2D eigenvalue weighted by molar-refractivity contribution is -0.114. The Bertz CT molecular complexity index is 573. The third kappa shape index (κ3) is 3.99. The molecule has 0 aliphatic rings. The van der Waals surface area contributed by atoms with Gasteiger partial charge in [0.05, 0.1) is 12.2 Å². The van der Waals surface area contributed by atoms with E-state index in [-0.39, 0.29) is 18.2 Å². The van der Waals surface area contributed by atoms with Gasteiger partial charge in [0, 0.05) is 10.2 Å². The molecule has 0 atom stereocenters. The molecule has 0 fully saturated rings. The molecule has 0 aliphatic heterocycles. The molecule has 0 saturated carbocycles. The molecule has 98 valence electrons. The highest BCUT2D eigenvalue weighted by atomic mass is 79.9. The number of nitrogens with one attached hydrogen (secondary N) is 2. The van der Waals surface area contributed by atoms with Gasteiger partial charge in [0.1, 0.15) is 5.75 Å². The average molecular weight is 321 g/mol. The van der Waals surface area contributed by atoms with Crippen molar-refractivity contribution in [2.75, 3.05) is 17.2 Å². The summed E-state index contributed by atoms with van der Waals surface area (Å²) in [6.45, 7) is 0.135. The summed E-state index contributed by atoms with van der Waals surface area (Å²) in [5, 5.41) is 15.2. The average Bonchev–Trinajstić information content (AvgIpc) is 2.42. The number of carbonyl (C=O) groups excluding carboxylic acids is 1. The van der Waals surface area contributed by atoms with E-state index < -0.39 is 0 Å². The van der Waals surface area contributed by atoms with Gasteiger partial charge in [-0.15, -0.1) is 0 Å². The molecule has 0 radical (unpaired) electrons. The Labute approximate surface area is 119 Å². The quantitative estimate of drug-likeness (QED) is 0.758. The lowest BCUT2D eigenvalue weighted by Gasteiger charge is -2.09. The largest absolute Gasteiger partial charge is 0.506 e. The Morgan fingerprint density at radius 1 is 1.16 bits per heavy atom. The molecule has 0 aromatic heterocycles. The van der Waals surface area contributed by atoms with Crippen molar-refractivity contribution in [3.05, 3.63) is 53.0 Å². The summed E-state index contributed by atoms with van der Waals surface area (Å²) in [5.74, 6) is -0.187. The van der Waals surface area contributed by atoms with Crippen LogP contribution < -0.4 is 10.6 Å². The van der Waals surface area contributed by atoms with Gasteiger partial charge >= 0.3 is 0 Å². The van der Waals surface area contributed by atoms with E-state index >= 15 is 0 Å². The first-order valence-electron chi connectivity index (χ1n) is 5.72. The summed E-state index contributed by atoms with van der Waals surface area (Å²) in [6, 6.07) is 14.3. The van der Waals surface area contributed by atoms with Crippen molar-refractivity contribution >= 4 is 33.2 Å². The molecule has 4 nitrogen and oxygen atoms in total. The van der Waals surface area contributed by atoms with Crippen LogP contribution in [0, 0.1) is 0 Å². The maximum atomic E-state index is 11.7. The molecule has 0 saturated heterocycles. The van der Waals surface area contributed by atoms with E-state index in [9.17, 15) is 9.90 Å². The molecule has 2 aromatic carbocycles. The number of rotatable bonds is 4. The number of phenolic OH excluding ortho intramolecular Hbond substituents is 1. The molecule has 5 heteroatoms. The van der Waals surface area contributed by atoms with Crippen molar-refractivity contribution in [2.45, 2.75) is 0 Å². The number of carbonyl (C=O) groups is 1. The van der Waals surface area contributed by atoms with E-state index in [2.05, 4.69) is 26.6 Å². The van der Waals surface area contributed by atoms with E-state index in [0.29, 0.717) is 5.69 Å². The molecule has 0 unspecified atom stereocenters. The maximum Gasteiger partial charge on any atom is 0.243 e. The zero-order chi connectivity index (χ0) is 13.7. The minimum absolute atomic E-state index is 0.0382. The second-order valence-electron chi connectivity index (χ2n) is 3.93. The van der Waals surface area contributed by atoms with Gasteiger partial charge in [-0.05, 0) is 30.3 Å². The molecule has 0 spiro atoms. The lowest BCUT2D eigenvalue weighted by Crippen LogP contribution is -2.21. The summed E-state index contributed by atoms with van der Waals surface area (Å²) in [6.07, 6.45) is 0. The van der Waals surface area contributed by atoms with Crippen LogP contribution in [0.5, 0.6) is 5.75 Å². The molecule has 0 aliphatic carbocycles. The predicted molar refractivity (Wildman–Crippen MR) is 79.4 cm³/mol. The Morgan fingerprint density at radius 3 is 2.63 bits per heavy atom. The molecule has 0 heterocycles. The molecule has 1 amide bonds. The van der Waals surface area contributed by atoms with Crippen LogP contribution >= 0.6 is 15.9 Å². The number of phenols is 1. The number of aromatic hydroxyl groups is 1. The van der Waals surface area contributed by atoms with Gasteiger partial charge < -0.3 is 15.7 Å². The minimum atomic E-state index is -0.225. The lowest BCUT2D eigenvalue weighted by atomic mass is 10.3. The van der Waals surface area contributed by atoms with Gasteiger partial charge in [-0.2, -0.15) is 0 Å². The Balaban J connectivity index is 1.93. The van der Waals surface area contributed by atoms with E-state index in [1.54, 1.807) is 12.1 Å². The number of para-hydroxylation sites is 1. The molecule has 2 aromatic rings. The van der Waals surface area contributed by atoms with Crippen molar-refractivity contribution < 1.29 is 9.90 Å². The summed E-state index contributed by atoms with van der Waals surface area (Å²) in [5.41, 5.74) is 1.25. The number of hydrogen-bond acceptors (Lipinski definition) is 3. The molecule has 3 N–H and O–H groups in total. The number of anilines is 2. The van der Waals surface area contributed by atoms with Crippen molar-refractivity contribution in [3.8, 4) is 5.75 Å². The Hall–Kier alpha value is -2.01. The molecule has 0 bridgehead atoms. The SMILES string of the molecule is O=C(CNc1ccccc1)Nc1cc(Br)ccc1O. The van der Waals surface area contributed by atoms with Gasteiger partial charge in [0.25, 0.3) is 0 Å². The fraction of sp³-hybridized carbons (Fsp3) is 0.0714. The van der Waals surface area contributed by atoms with E-state index in [1.165, 1.54) is 6.07 Å². The van der Waals surface area contributed by atoms with Crippen LogP contribution in [0.25, 0.3) is 0 Å². The van der Waals surface area contributed by atoms with Crippen molar-refractivity contribution in [1.82, 2.24) is 0 Å². The van der Waals surface area contributed by atoms with E-state index in [4.69, 9.17) is 0 Å².